The molecule has 0 spiro atoms. The Kier molecular flexibility index (Phi) is 4.20. The van der Waals surface area contributed by atoms with E-state index in [0.717, 1.165) is 16.5 Å². The summed E-state index contributed by atoms with van der Waals surface area (Å²) in [6, 6.07) is 14.8. The van der Waals surface area contributed by atoms with Crippen LogP contribution in [0.3, 0.4) is 0 Å². The van der Waals surface area contributed by atoms with Crippen molar-refractivity contribution in [3.63, 3.8) is 0 Å². The van der Waals surface area contributed by atoms with Gasteiger partial charge in [0, 0.05) is 22.0 Å². The summed E-state index contributed by atoms with van der Waals surface area (Å²) in [5, 5.41) is 2.51. The second-order valence-corrected chi connectivity index (χ2v) is 5.70. The van der Waals surface area contributed by atoms with E-state index in [2.05, 4.69) is 4.98 Å². The van der Waals surface area contributed by atoms with E-state index in [1.165, 1.54) is 0 Å². The third kappa shape index (κ3) is 3.24. The van der Waals surface area contributed by atoms with Crippen LogP contribution in [0.25, 0.3) is 10.9 Å². The molecule has 0 unspecified atom stereocenters. The second-order valence-electron chi connectivity index (χ2n) is 4.49. The Morgan fingerprint density at radius 1 is 0.952 bits per heavy atom. The molecule has 0 saturated carbocycles. The summed E-state index contributed by atoms with van der Waals surface area (Å²) in [7, 11) is 0. The van der Waals surface area contributed by atoms with Gasteiger partial charge in [0.25, 0.3) is 0 Å². The molecule has 2 nitrogen and oxygen atoms in total. The van der Waals surface area contributed by atoms with Crippen LogP contribution in [0.15, 0.2) is 48.5 Å². The lowest BCUT2D eigenvalue weighted by Gasteiger charge is -2.10. The Morgan fingerprint density at radius 2 is 1.76 bits per heavy atom. The molecule has 106 valence electrons. The average molecular weight is 339 g/mol. The lowest BCUT2D eigenvalue weighted by Crippen LogP contribution is -1.98. The van der Waals surface area contributed by atoms with E-state index in [1.807, 2.05) is 30.3 Å². The van der Waals surface area contributed by atoms with E-state index in [9.17, 15) is 0 Å². The standard InChI is InChI=1S/C16H10Cl3NO/c17-12-5-6-13(18)15(8-12)21-9-11-7-10-3-1-2-4-14(10)20-16(11)19/h1-8H,9H2. The first-order valence-corrected chi connectivity index (χ1v) is 7.39. The normalized spacial score (nSPS) is 10.8. The summed E-state index contributed by atoms with van der Waals surface area (Å²) < 4.78 is 5.69. The van der Waals surface area contributed by atoms with Gasteiger partial charge in [0.05, 0.1) is 10.5 Å². The number of aromatic nitrogens is 1. The first-order valence-electron chi connectivity index (χ1n) is 6.25. The molecule has 3 rings (SSSR count). The van der Waals surface area contributed by atoms with Gasteiger partial charge in [-0.2, -0.15) is 0 Å². The van der Waals surface area contributed by atoms with Crippen molar-refractivity contribution in [1.82, 2.24) is 4.98 Å². The van der Waals surface area contributed by atoms with Crippen LogP contribution in [-0.4, -0.2) is 4.98 Å². The number of halogens is 3. The molecule has 0 saturated heterocycles. The van der Waals surface area contributed by atoms with Crippen LogP contribution < -0.4 is 4.74 Å². The Morgan fingerprint density at radius 3 is 2.62 bits per heavy atom. The summed E-state index contributed by atoms with van der Waals surface area (Å²) in [6.45, 7) is 0.275. The first kappa shape index (κ1) is 14.5. The molecule has 3 aromatic rings. The van der Waals surface area contributed by atoms with Crippen LogP contribution in [0.1, 0.15) is 5.56 Å². The zero-order valence-electron chi connectivity index (χ0n) is 10.8. The molecule has 0 atom stereocenters. The zero-order chi connectivity index (χ0) is 14.8. The predicted molar refractivity (Wildman–Crippen MR) is 87.5 cm³/mol. The van der Waals surface area contributed by atoms with Gasteiger partial charge in [-0.1, -0.05) is 53.0 Å². The minimum absolute atomic E-state index is 0.275. The third-order valence-corrected chi connectivity index (χ3v) is 3.90. The van der Waals surface area contributed by atoms with Crippen molar-refractivity contribution in [3.05, 3.63) is 69.3 Å². The number of pyridine rings is 1. The summed E-state index contributed by atoms with van der Waals surface area (Å²) in [5.74, 6) is 0.522. The van der Waals surface area contributed by atoms with Crippen LogP contribution in [0.2, 0.25) is 15.2 Å². The quantitative estimate of drug-likeness (QED) is 0.565. The largest absolute Gasteiger partial charge is 0.487 e. The SMILES string of the molecule is Clc1ccc(Cl)c(OCc2cc3ccccc3nc2Cl)c1. The Balaban J connectivity index is 1.88. The van der Waals surface area contributed by atoms with E-state index in [-0.39, 0.29) is 6.61 Å². The predicted octanol–water partition coefficient (Wildman–Crippen LogP) is 5.77. The van der Waals surface area contributed by atoms with Crippen LogP contribution >= 0.6 is 34.8 Å². The van der Waals surface area contributed by atoms with Crippen molar-refractivity contribution in [3.8, 4) is 5.75 Å². The van der Waals surface area contributed by atoms with Crippen LogP contribution in [0.4, 0.5) is 0 Å². The number of benzene rings is 2. The highest BCUT2D eigenvalue weighted by molar-refractivity contribution is 6.34. The molecular formula is C16H10Cl3NO. The summed E-state index contributed by atoms with van der Waals surface area (Å²) in [4.78, 5) is 4.35. The van der Waals surface area contributed by atoms with E-state index in [0.29, 0.717) is 20.9 Å². The van der Waals surface area contributed by atoms with Gasteiger partial charge in [-0.3, -0.25) is 0 Å². The molecule has 1 heterocycles. The lowest BCUT2D eigenvalue weighted by molar-refractivity contribution is 0.306. The first-order chi connectivity index (χ1) is 10.1. The second kappa shape index (κ2) is 6.10. The van der Waals surface area contributed by atoms with Crippen molar-refractivity contribution in [2.75, 3.05) is 0 Å². The Hall–Kier alpha value is -1.48. The van der Waals surface area contributed by atoms with Gasteiger partial charge in [-0.25, -0.2) is 4.98 Å². The molecule has 0 radical (unpaired) electrons. The Bertz CT molecular complexity index is 805. The van der Waals surface area contributed by atoms with Crippen molar-refractivity contribution >= 4 is 45.7 Å². The van der Waals surface area contributed by atoms with Crippen molar-refractivity contribution in [2.45, 2.75) is 6.61 Å². The number of hydrogen-bond acceptors (Lipinski definition) is 2. The smallest absolute Gasteiger partial charge is 0.139 e. The molecule has 0 aliphatic rings. The van der Waals surface area contributed by atoms with Crippen LogP contribution in [0, 0.1) is 0 Å². The molecule has 0 fully saturated rings. The number of nitrogens with zero attached hydrogens (tertiary/aromatic N) is 1. The van der Waals surface area contributed by atoms with Gasteiger partial charge in [0.1, 0.15) is 17.5 Å². The Labute approximate surface area is 137 Å². The summed E-state index contributed by atoms with van der Waals surface area (Å²) in [6.07, 6.45) is 0. The van der Waals surface area contributed by atoms with Crippen molar-refractivity contribution in [1.29, 1.82) is 0 Å². The lowest BCUT2D eigenvalue weighted by atomic mass is 10.2. The van der Waals surface area contributed by atoms with E-state index < -0.39 is 0 Å². The molecule has 5 heteroatoms. The number of fused-ring (bicyclic) bond motifs is 1. The van der Waals surface area contributed by atoms with Gasteiger partial charge >= 0.3 is 0 Å². The topological polar surface area (TPSA) is 22.1 Å². The van der Waals surface area contributed by atoms with E-state index >= 15 is 0 Å². The number of para-hydroxylation sites is 1. The fraction of sp³-hybridized carbons (Fsp3) is 0.0625. The molecule has 0 N–H and O–H groups in total. The van der Waals surface area contributed by atoms with Gasteiger partial charge in [-0.15, -0.1) is 0 Å². The van der Waals surface area contributed by atoms with Gasteiger partial charge in [-0.05, 0) is 24.3 Å². The molecule has 21 heavy (non-hydrogen) atoms. The van der Waals surface area contributed by atoms with Crippen molar-refractivity contribution < 1.29 is 4.74 Å². The van der Waals surface area contributed by atoms with E-state index in [1.54, 1.807) is 18.2 Å². The maximum absolute atomic E-state index is 6.19. The fourth-order valence-corrected chi connectivity index (χ4v) is 2.52. The number of ether oxygens (including phenoxy) is 1. The molecule has 0 aliphatic carbocycles. The molecule has 0 amide bonds. The highest BCUT2D eigenvalue weighted by atomic mass is 35.5. The maximum Gasteiger partial charge on any atom is 0.139 e. The van der Waals surface area contributed by atoms with E-state index in [4.69, 9.17) is 39.5 Å². The number of hydrogen-bond donors (Lipinski definition) is 0. The van der Waals surface area contributed by atoms with Gasteiger partial charge in [0.2, 0.25) is 0 Å². The fourth-order valence-electron chi connectivity index (χ4n) is 1.98. The minimum Gasteiger partial charge on any atom is -0.487 e. The zero-order valence-corrected chi connectivity index (χ0v) is 13.1. The summed E-state index contributed by atoms with van der Waals surface area (Å²) >= 11 is 18.2. The third-order valence-electron chi connectivity index (χ3n) is 3.03. The maximum atomic E-state index is 6.19. The van der Waals surface area contributed by atoms with Crippen LogP contribution in [-0.2, 0) is 6.61 Å². The van der Waals surface area contributed by atoms with Gasteiger partial charge in [0.15, 0.2) is 0 Å². The van der Waals surface area contributed by atoms with Crippen molar-refractivity contribution in [2.24, 2.45) is 0 Å². The highest BCUT2D eigenvalue weighted by Crippen LogP contribution is 2.29. The van der Waals surface area contributed by atoms with Gasteiger partial charge < -0.3 is 4.74 Å². The van der Waals surface area contributed by atoms with Crippen LogP contribution in [0.5, 0.6) is 5.75 Å². The molecular weight excluding hydrogens is 329 g/mol. The molecule has 1 aromatic heterocycles. The molecule has 0 bridgehead atoms. The number of rotatable bonds is 3. The monoisotopic (exact) mass is 337 g/mol. The minimum atomic E-state index is 0.275. The summed E-state index contributed by atoms with van der Waals surface area (Å²) in [5.41, 5.74) is 1.65. The molecule has 0 aliphatic heterocycles. The average Bonchev–Trinajstić information content (AvgIpc) is 2.48. The highest BCUT2D eigenvalue weighted by Gasteiger charge is 2.08. The molecule has 2 aromatic carbocycles.